The monoisotopic (exact) mass is 695 g/mol. The van der Waals surface area contributed by atoms with Crippen LogP contribution >= 0.6 is 11.8 Å². The van der Waals surface area contributed by atoms with E-state index in [9.17, 15) is 4.79 Å². The lowest BCUT2D eigenvalue weighted by molar-refractivity contribution is 0.0310. The van der Waals surface area contributed by atoms with Crippen molar-refractivity contribution in [3.63, 3.8) is 0 Å². The maximum Gasteiger partial charge on any atom is 0.404 e. The second-order valence-electron chi connectivity index (χ2n) is 15.4. The summed E-state index contributed by atoms with van der Waals surface area (Å²) in [6.45, 7) is 7.66. The molecule has 1 amide bonds. The summed E-state index contributed by atoms with van der Waals surface area (Å²) in [4.78, 5) is 13.4. The Hall–Kier alpha value is -0.420. The molecule has 2 aliphatic carbocycles. The first-order valence-electron chi connectivity index (χ1n) is 22.0. The molecule has 5 heteroatoms. The van der Waals surface area contributed by atoms with Gasteiger partial charge in [0.25, 0.3) is 0 Å². The zero-order chi connectivity index (χ0) is 34.8. The summed E-state index contributed by atoms with van der Waals surface area (Å²) in [5, 5.41) is 10.9. The normalized spacial score (nSPS) is 16.5. The minimum Gasteiger partial charge on any atom is -0.465 e. The summed E-state index contributed by atoms with van der Waals surface area (Å²) in [5.74, 6) is 2.71. The third-order valence-electron chi connectivity index (χ3n) is 11.2. The van der Waals surface area contributed by atoms with Crippen molar-refractivity contribution in [2.75, 3.05) is 18.1 Å². The quantitative estimate of drug-likeness (QED) is 0.0735. The summed E-state index contributed by atoms with van der Waals surface area (Å²) in [5.41, 5.74) is 0. The average Bonchev–Trinajstić information content (AvgIpc) is 3.11. The lowest BCUT2D eigenvalue weighted by Crippen LogP contribution is -2.50. The minimum atomic E-state index is -0.902. The van der Waals surface area contributed by atoms with Gasteiger partial charge in [-0.05, 0) is 69.3 Å². The van der Waals surface area contributed by atoms with Crippen molar-refractivity contribution in [2.24, 2.45) is 0 Å². The molecule has 0 bridgehead atoms. The first-order chi connectivity index (χ1) is 23.6. The van der Waals surface area contributed by atoms with Gasteiger partial charge >= 0.3 is 6.09 Å². The van der Waals surface area contributed by atoms with Crippen molar-refractivity contribution in [3.05, 3.63) is 0 Å². The highest BCUT2D eigenvalue weighted by atomic mass is 32.2. The lowest BCUT2D eigenvalue weighted by Gasteiger charge is -2.46. The van der Waals surface area contributed by atoms with Crippen LogP contribution in [0, 0.1) is 0 Å². The number of nitrogens with one attached hydrogen (secondary N) is 1. The molecule has 286 valence electrons. The average molecular weight is 695 g/mol. The zero-order valence-corrected chi connectivity index (χ0v) is 33.7. The molecule has 2 fully saturated rings. The molecule has 0 aliphatic heterocycles. The summed E-state index contributed by atoms with van der Waals surface area (Å²) in [6.07, 6.45) is 45.5. The van der Waals surface area contributed by atoms with E-state index in [1.807, 2.05) is 0 Å². The number of amides is 1. The van der Waals surface area contributed by atoms with Crippen molar-refractivity contribution in [1.82, 2.24) is 10.2 Å². The van der Waals surface area contributed by atoms with Gasteiger partial charge in [0, 0.05) is 24.7 Å². The van der Waals surface area contributed by atoms with Crippen molar-refractivity contribution < 1.29 is 9.90 Å². The molecule has 0 radical (unpaired) electrons. The van der Waals surface area contributed by atoms with Crippen molar-refractivity contribution >= 4 is 17.9 Å². The van der Waals surface area contributed by atoms with Crippen LogP contribution in [0.5, 0.6) is 0 Å². The van der Waals surface area contributed by atoms with Crippen LogP contribution in [0.1, 0.15) is 233 Å². The van der Waals surface area contributed by atoms with Crippen molar-refractivity contribution in [1.29, 1.82) is 0 Å². The number of hydrogen-bond donors (Lipinski definition) is 2. The Bertz CT molecular complexity index is 647. The third-order valence-corrected chi connectivity index (χ3v) is 12.3. The van der Waals surface area contributed by atoms with Gasteiger partial charge in [-0.3, -0.25) is 4.90 Å². The maximum atomic E-state index is 10.3. The second kappa shape index (κ2) is 35.0. The fourth-order valence-electron chi connectivity index (χ4n) is 8.23. The van der Waals surface area contributed by atoms with Gasteiger partial charge in [-0.15, -0.1) is 0 Å². The first-order valence-corrected chi connectivity index (χ1v) is 23.1. The Kier molecular flexibility index (Phi) is 33.3. The van der Waals surface area contributed by atoms with Crippen LogP contribution in [0.4, 0.5) is 4.79 Å². The highest BCUT2D eigenvalue weighted by Crippen LogP contribution is 2.34. The molecule has 48 heavy (non-hydrogen) atoms. The predicted molar refractivity (Wildman–Crippen MR) is 216 cm³/mol. The summed E-state index contributed by atoms with van der Waals surface area (Å²) >= 11 is 2.16. The summed E-state index contributed by atoms with van der Waals surface area (Å²) < 4.78 is 0. The number of hydrogen-bond acceptors (Lipinski definition) is 3. The fraction of sp³-hybridized carbons (Fsp3) is 0.977. The molecule has 0 aromatic carbocycles. The maximum absolute atomic E-state index is 10.3. The van der Waals surface area contributed by atoms with Gasteiger partial charge in [-0.25, -0.2) is 4.79 Å². The van der Waals surface area contributed by atoms with E-state index in [0.29, 0.717) is 6.54 Å². The molecule has 0 spiro atoms. The highest BCUT2D eigenvalue weighted by Gasteiger charge is 2.32. The largest absolute Gasteiger partial charge is 0.465 e. The number of thioether (sulfide) groups is 1. The van der Waals surface area contributed by atoms with E-state index in [0.717, 1.165) is 31.0 Å². The van der Waals surface area contributed by atoms with Gasteiger partial charge in [0.15, 0.2) is 0 Å². The zero-order valence-electron chi connectivity index (χ0n) is 32.9. The van der Waals surface area contributed by atoms with Gasteiger partial charge < -0.3 is 10.4 Å². The lowest BCUT2D eigenvalue weighted by atomic mass is 9.86. The van der Waals surface area contributed by atoms with Gasteiger partial charge in [0.2, 0.25) is 0 Å². The van der Waals surface area contributed by atoms with Crippen molar-refractivity contribution in [3.8, 4) is 0 Å². The number of rotatable bonds is 30. The Balaban J connectivity index is 0.000000493. The van der Waals surface area contributed by atoms with Crippen LogP contribution in [0.2, 0.25) is 0 Å². The molecule has 2 N–H and O–H groups in total. The molecular formula is C43H86N2O2S. The molecule has 2 saturated carbocycles. The number of nitrogens with zero attached hydrogens (tertiary/aromatic N) is 1. The number of carboxylic acid groups (broad SMARTS) is 1. The SMILES string of the molecule is CCCCCC(CC)N(C1CCCCC1)C1CCCCC1.CCCCCCCCCCCCSCCCCCCCCCCNC(=O)O. The molecule has 1 unspecified atom stereocenters. The molecule has 0 saturated heterocycles. The van der Waals surface area contributed by atoms with Gasteiger partial charge in [0.05, 0.1) is 0 Å². The first kappa shape index (κ1) is 45.6. The highest BCUT2D eigenvalue weighted by molar-refractivity contribution is 7.99. The van der Waals surface area contributed by atoms with Crippen LogP contribution < -0.4 is 5.32 Å². The second-order valence-corrected chi connectivity index (χ2v) is 16.7. The van der Waals surface area contributed by atoms with E-state index in [4.69, 9.17) is 5.11 Å². The summed E-state index contributed by atoms with van der Waals surface area (Å²) in [7, 11) is 0. The third kappa shape index (κ3) is 26.4. The Morgan fingerprint density at radius 3 is 1.40 bits per heavy atom. The molecule has 2 aliphatic rings. The van der Waals surface area contributed by atoms with Gasteiger partial charge in [0.1, 0.15) is 0 Å². The van der Waals surface area contributed by atoms with Crippen molar-refractivity contribution in [2.45, 2.75) is 251 Å². The summed E-state index contributed by atoms with van der Waals surface area (Å²) in [6, 6.07) is 2.73. The molecule has 0 heterocycles. The van der Waals surface area contributed by atoms with Gasteiger partial charge in [-0.1, -0.05) is 175 Å². The topological polar surface area (TPSA) is 52.6 Å². The molecule has 0 aromatic heterocycles. The minimum absolute atomic E-state index is 0.603. The Morgan fingerprint density at radius 2 is 0.979 bits per heavy atom. The van der Waals surface area contributed by atoms with Crippen LogP contribution in [-0.4, -0.2) is 52.3 Å². The van der Waals surface area contributed by atoms with E-state index >= 15 is 0 Å². The molecule has 2 rings (SSSR count). The van der Waals surface area contributed by atoms with E-state index in [1.54, 1.807) is 0 Å². The van der Waals surface area contributed by atoms with Crippen LogP contribution in [0.15, 0.2) is 0 Å². The molecule has 1 atom stereocenters. The number of unbranched alkanes of at least 4 members (excludes halogenated alkanes) is 18. The predicted octanol–water partition coefficient (Wildman–Crippen LogP) is 14.3. The Morgan fingerprint density at radius 1 is 0.583 bits per heavy atom. The van der Waals surface area contributed by atoms with Gasteiger partial charge in [-0.2, -0.15) is 11.8 Å². The standard InChI is InChI=1S/C23H47NO2S.C20H39N/c1-2-3-4-5-6-7-9-12-15-18-21-27-22-19-16-13-10-8-11-14-17-20-24-23(25)26;1-3-5-8-13-18(4-2)21(19-14-9-6-10-15-19)20-16-11-7-12-17-20/h24H,2-22H2,1H3,(H,25,26);18-20H,3-17H2,1-2H3. The fourth-order valence-corrected chi connectivity index (χ4v) is 9.25. The van der Waals surface area contributed by atoms with E-state index in [-0.39, 0.29) is 0 Å². The van der Waals surface area contributed by atoms with Crippen LogP contribution in [-0.2, 0) is 0 Å². The number of carbonyl (C=O) groups is 1. The van der Waals surface area contributed by atoms with Crippen LogP contribution in [0.25, 0.3) is 0 Å². The Labute approximate surface area is 305 Å². The smallest absolute Gasteiger partial charge is 0.404 e. The van der Waals surface area contributed by atoms with E-state index in [2.05, 4.69) is 42.7 Å². The molecule has 4 nitrogen and oxygen atoms in total. The van der Waals surface area contributed by atoms with Crippen LogP contribution in [0.3, 0.4) is 0 Å². The van der Waals surface area contributed by atoms with E-state index < -0.39 is 6.09 Å². The molecular weight excluding hydrogens is 609 g/mol. The van der Waals surface area contributed by atoms with E-state index in [1.165, 1.54) is 211 Å². The molecule has 0 aromatic rings.